The molecule has 1 unspecified atom stereocenters. The van der Waals surface area contributed by atoms with Crippen molar-refractivity contribution in [2.75, 3.05) is 17.6 Å². The largest absolute Gasteiger partial charge is 0.396 e. The van der Waals surface area contributed by atoms with Crippen molar-refractivity contribution in [2.45, 2.75) is 0 Å². The van der Waals surface area contributed by atoms with Crippen LogP contribution in [0.5, 0.6) is 0 Å². The van der Waals surface area contributed by atoms with E-state index in [-0.39, 0.29) is 16.9 Å². The molecule has 1 aromatic carbocycles. The van der Waals surface area contributed by atoms with Crippen molar-refractivity contribution in [1.29, 1.82) is 5.26 Å². The van der Waals surface area contributed by atoms with Gasteiger partial charge in [0, 0.05) is 0 Å². The Kier molecular flexibility index (Phi) is 3.60. The van der Waals surface area contributed by atoms with Crippen molar-refractivity contribution in [2.24, 2.45) is 0 Å². The highest BCUT2D eigenvalue weighted by Crippen LogP contribution is 2.22. The topological polar surface area (TPSA) is 88.1 Å². The SMILES string of the molecule is COS(=O)Nc1cc(N)c(F)cc1C#N. The van der Waals surface area contributed by atoms with Gasteiger partial charge < -0.3 is 5.73 Å². The van der Waals surface area contributed by atoms with Gasteiger partial charge in [0.25, 0.3) is 11.3 Å². The second-order valence-electron chi connectivity index (χ2n) is 2.53. The first-order chi connectivity index (χ1) is 7.08. The van der Waals surface area contributed by atoms with E-state index in [0.29, 0.717) is 0 Å². The third-order valence-electron chi connectivity index (χ3n) is 1.60. The number of nitrogens with two attached hydrogens (primary N) is 1. The van der Waals surface area contributed by atoms with E-state index >= 15 is 0 Å². The van der Waals surface area contributed by atoms with Gasteiger partial charge in [0.2, 0.25) is 0 Å². The normalized spacial score (nSPS) is 11.8. The van der Waals surface area contributed by atoms with Gasteiger partial charge in [-0.15, -0.1) is 0 Å². The summed E-state index contributed by atoms with van der Waals surface area (Å²) in [6.07, 6.45) is 0. The van der Waals surface area contributed by atoms with Crippen molar-refractivity contribution in [3.63, 3.8) is 0 Å². The number of hydrogen-bond acceptors (Lipinski definition) is 4. The molecule has 0 saturated carbocycles. The van der Waals surface area contributed by atoms with E-state index in [4.69, 9.17) is 11.0 Å². The summed E-state index contributed by atoms with van der Waals surface area (Å²) >= 11 is -1.78. The van der Waals surface area contributed by atoms with Crippen LogP contribution in [0.3, 0.4) is 0 Å². The van der Waals surface area contributed by atoms with Gasteiger partial charge in [-0.3, -0.25) is 8.91 Å². The number of nitrogens with zero attached hydrogens (tertiary/aromatic N) is 1. The molecule has 0 heterocycles. The Balaban J connectivity index is 3.12. The molecule has 0 saturated heterocycles. The second kappa shape index (κ2) is 4.72. The minimum atomic E-state index is -1.78. The standard InChI is InChI=1S/C8H8FN3O2S/c1-14-15(13)12-8-3-7(11)6(9)2-5(8)4-10/h2-3,12H,11H2,1H3. The molecule has 0 radical (unpaired) electrons. The maximum absolute atomic E-state index is 13.0. The molecule has 80 valence electrons. The zero-order chi connectivity index (χ0) is 11.4. The average molecular weight is 229 g/mol. The fourth-order valence-corrected chi connectivity index (χ4v) is 1.33. The maximum atomic E-state index is 13.0. The lowest BCUT2D eigenvalue weighted by molar-refractivity contribution is 0.449. The van der Waals surface area contributed by atoms with Crippen molar-refractivity contribution < 1.29 is 12.8 Å². The van der Waals surface area contributed by atoms with Gasteiger partial charge in [0.1, 0.15) is 11.9 Å². The van der Waals surface area contributed by atoms with Gasteiger partial charge in [0.05, 0.1) is 24.0 Å². The lowest BCUT2D eigenvalue weighted by Crippen LogP contribution is -2.08. The van der Waals surface area contributed by atoms with Gasteiger partial charge >= 0.3 is 0 Å². The van der Waals surface area contributed by atoms with Crippen LogP contribution in [0.1, 0.15) is 5.56 Å². The monoisotopic (exact) mass is 229 g/mol. The van der Waals surface area contributed by atoms with E-state index in [1.165, 1.54) is 13.2 Å². The highest BCUT2D eigenvalue weighted by atomic mass is 32.2. The van der Waals surface area contributed by atoms with Crippen LogP contribution in [0.25, 0.3) is 0 Å². The van der Waals surface area contributed by atoms with Crippen LogP contribution in [-0.4, -0.2) is 11.3 Å². The molecule has 0 aliphatic heterocycles. The number of nitriles is 1. The third-order valence-corrected chi connectivity index (χ3v) is 2.29. The first-order valence-electron chi connectivity index (χ1n) is 3.80. The lowest BCUT2D eigenvalue weighted by atomic mass is 10.2. The fourth-order valence-electron chi connectivity index (χ4n) is 0.898. The number of benzene rings is 1. The van der Waals surface area contributed by atoms with Crippen LogP contribution in [0, 0.1) is 17.1 Å². The van der Waals surface area contributed by atoms with Crippen LogP contribution >= 0.6 is 0 Å². The molecule has 0 fully saturated rings. The Hall–Kier alpha value is -1.65. The number of halogens is 1. The van der Waals surface area contributed by atoms with Crippen molar-refractivity contribution in [1.82, 2.24) is 0 Å². The lowest BCUT2D eigenvalue weighted by Gasteiger charge is -2.07. The molecule has 15 heavy (non-hydrogen) atoms. The van der Waals surface area contributed by atoms with Gasteiger partial charge in [0.15, 0.2) is 0 Å². The first kappa shape index (κ1) is 11.4. The molecule has 0 amide bonds. The van der Waals surface area contributed by atoms with Crippen LogP contribution in [0.4, 0.5) is 15.8 Å². The zero-order valence-corrected chi connectivity index (χ0v) is 8.60. The molecular formula is C8H8FN3O2S. The number of hydrogen-bond donors (Lipinski definition) is 2. The Morgan fingerprint density at radius 3 is 2.87 bits per heavy atom. The molecule has 0 bridgehead atoms. The summed E-state index contributed by atoms with van der Waals surface area (Å²) in [5.41, 5.74) is 5.33. The van der Waals surface area contributed by atoms with Crippen LogP contribution in [-0.2, 0) is 15.4 Å². The predicted molar refractivity (Wildman–Crippen MR) is 54.3 cm³/mol. The summed E-state index contributed by atoms with van der Waals surface area (Å²) < 4.78 is 30.7. The molecular weight excluding hydrogens is 221 g/mol. The highest BCUT2D eigenvalue weighted by Gasteiger charge is 2.09. The number of anilines is 2. The van der Waals surface area contributed by atoms with Gasteiger partial charge in [-0.25, -0.2) is 8.60 Å². The Morgan fingerprint density at radius 1 is 1.67 bits per heavy atom. The molecule has 1 rings (SSSR count). The molecule has 0 aliphatic carbocycles. The predicted octanol–water partition coefficient (Wildman–Crippen LogP) is 0.917. The number of rotatable bonds is 3. The highest BCUT2D eigenvalue weighted by molar-refractivity contribution is 7.81. The maximum Gasteiger partial charge on any atom is 0.261 e. The molecule has 0 aliphatic rings. The summed E-state index contributed by atoms with van der Waals surface area (Å²) in [5, 5.41) is 8.68. The van der Waals surface area contributed by atoms with E-state index in [0.717, 1.165) is 6.07 Å². The van der Waals surface area contributed by atoms with Gasteiger partial charge in [-0.05, 0) is 12.1 Å². The summed E-state index contributed by atoms with van der Waals surface area (Å²) in [4.78, 5) is 0. The minimum Gasteiger partial charge on any atom is -0.396 e. The van der Waals surface area contributed by atoms with E-state index < -0.39 is 17.1 Å². The molecule has 3 N–H and O–H groups in total. The summed E-state index contributed by atoms with van der Waals surface area (Å²) in [7, 11) is 1.22. The fraction of sp³-hybridized carbons (Fsp3) is 0.125. The van der Waals surface area contributed by atoms with E-state index in [1.54, 1.807) is 6.07 Å². The minimum absolute atomic E-state index is 0.00657. The van der Waals surface area contributed by atoms with Crippen molar-refractivity contribution in [3.05, 3.63) is 23.5 Å². The number of nitrogens with one attached hydrogen (secondary N) is 1. The van der Waals surface area contributed by atoms with E-state index in [2.05, 4.69) is 8.91 Å². The van der Waals surface area contributed by atoms with Gasteiger partial charge in [-0.1, -0.05) is 0 Å². The average Bonchev–Trinajstić information content (AvgIpc) is 2.22. The Bertz CT molecular complexity index is 444. The molecule has 0 spiro atoms. The molecule has 1 atom stereocenters. The van der Waals surface area contributed by atoms with Crippen LogP contribution < -0.4 is 10.5 Å². The molecule has 7 heteroatoms. The number of nitrogen functional groups attached to an aromatic ring is 1. The first-order valence-corrected chi connectivity index (χ1v) is 4.88. The summed E-state index contributed by atoms with van der Waals surface area (Å²) in [6, 6.07) is 3.89. The van der Waals surface area contributed by atoms with Crippen LogP contribution in [0.15, 0.2) is 12.1 Å². The molecule has 5 nitrogen and oxygen atoms in total. The quantitative estimate of drug-likeness (QED) is 0.754. The van der Waals surface area contributed by atoms with E-state index in [1.807, 2.05) is 0 Å². The Morgan fingerprint density at radius 2 is 2.33 bits per heavy atom. The van der Waals surface area contributed by atoms with Crippen molar-refractivity contribution >= 4 is 22.6 Å². The zero-order valence-electron chi connectivity index (χ0n) is 7.78. The Labute approximate surface area is 88.4 Å². The smallest absolute Gasteiger partial charge is 0.261 e. The van der Waals surface area contributed by atoms with Gasteiger partial charge in [-0.2, -0.15) is 5.26 Å². The summed E-state index contributed by atoms with van der Waals surface area (Å²) in [6.45, 7) is 0. The van der Waals surface area contributed by atoms with Crippen molar-refractivity contribution in [3.8, 4) is 6.07 Å². The van der Waals surface area contributed by atoms with E-state index in [9.17, 15) is 8.60 Å². The molecule has 0 aromatic heterocycles. The summed E-state index contributed by atoms with van der Waals surface area (Å²) in [5.74, 6) is -0.694. The second-order valence-corrected chi connectivity index (χ2v) is 3.54. The molecule has 1 aromatic rings. The van der Waals surface area contributed by atoms with Crippen LogP contribution in [0.2, 0.25) is 0 Å². The third kappa shape index (κ3) is 2.65.